The lowest BCUT2D eigenvalue weighted by molar-refractivity contribution is 0.233. The number of hydrogen-bond acceptors (Lipinski definition) is 5. The van der Waals surface area contributed by atoms with E-state index < -0.39 is 0 Å². The molecule has 3 aromatic heterocycles. The molecule has 0 unspecified atom stereocenters. The van der Waals surface area contributed by atoms with Gasteiger partial charge in [-0.1, -0.05) is 0 Å². The first-order valence-electron chi connectivity index (χ1n) is 7.55. The highest BCUT2D eigenvalue weighted by atomic mass is 16.3. The molecule has 118 valence electrons. The van der Waals surface area contributed by atoms with Crippen LogP contribution in [0.15, 0.2) is 40.0 Å². The first kappa shape index (κ1) is 14.0. The fraction of sp³-hybridized carbons (Fsp3) is 0.312. The summed E-state index contributed by atoms with van der Waals surface area (Å²) in [4.78, 5) is 26.4. The second-order valence-electron chi connectivity index (χ2n) is 5.73. The van der Waals surface area contributed by atoms with Gasteiger partial charge < -0.3 is 14.0 Å². The fourth-order valence-electron chi connectivity index (χ4n) is 2.89. The Bertz CT molecular complexity index is 878. The first-order chi connectivity index (χ1) is 11.2. The predicted molar refractivity (Wildman–Crippen MR) is 83.6 cm³/mol. The summed E-state index contributed by atoms with van der Waals surface area (Å²) in [6.07, 6.45) is 6.04. The molecular weight excluding hydrogens is 294 g/mol. The first-order valence-corrected chi connectivity index (χ1v) is 7.55. The molecule has 4 rings (SSSR count). The van der Waals surface area contributed by atoms with Gasteiger partial charge in [0.2, 0.25) is 0 Å². The largest absolute Gasteiger partial charge is 0.461 e. The highest BCUT2D eigenvalue weighted by molar-refractivity contribution is 5.46. The Labute approximate surface area is 132 Å². The van der Waals surface area contributed by atoms with E-state index >= 15 is 0 Å². The number of nitrogens with one attached hydrogen (secondary N) is 1. The van der Waals surface area contributed by atoms with E-state index in [1.807, 2.05) is 17.8 Å². The molecule has 0 aliphatic carbocycles. The quantitative estimate of drug-likeness (QED) is 0.789. The second kappa shape index (κ2) is 5.51. The summed E-state index contributed by atoms with van der Waals surface area (Å²) in [6, 6.07) is 3.57. The van der Waals surface area contributed by atoms with E-state index in [-0.39, 0.29) is 5.56 Å². The molecule has 1 aliphatic heterocycles. The van der Waals surface area contributed by atoms with Crippen molar-refractivity contribution in [1.82, 2.24) is 24.4 Å². The summed E-state index contributed by atoms with van der Waals surface area (Å²) < 4.78 is 7.31. The van der Waals surface area contributed by atoms with Crippen molar-refractivity contribution in [2.75, 3.05) is 6.54 Å². The van der Waals surface area contributed by atoms with Gasteiger partial charge in [0.15, 0.2) is 11.6 Å². The Balaban J connectivity index is 1.60. The minimum atomic E-state index is -0.0917. The van der Waals surface area contributed by atoms with E-state index in [9.17, 15) is 4.79 Å². The number of aromatic nitrogens is 4. The van der Waals surface area contributed by atoms with E-state index in [4.69, 9.17) is 4.42 Å². The van der Waals surface area contributed by atoms with Crippen molar-refractivity contribution < 1.29 is 4.42 Å². The predicted octanol–water partition coefficient (Wildman–Crippen LogP) is 1.32. The lowest BCUT2D eigenvalue weighted by Gasteiger charge is -2.27. The van der Waals surface area contributed by atoms with Crippen LogP contribution in [0.4, 0.5) is 0 Å². The SMILES string of the molecule is Cn1ccnc1CN1CCc2nc(-c3ccco3)[nH]c(=O)c2C1. The molecule has 7 heteroatoms. The van der Waals surface area contributed by atoms with Crippen molar-refractivity contribution in [3.05, 3.63) is 58.2 Å². The smallest absolute Gasteiger partial charge is 0.256 e. The van der Waals surface area contributed by atoms with Gasteiger partial charge in [-0.2, -0.15) is 0 Å². The maximum absolute atomic E-state index is 12.4. The van der Waals surface area contributed by atoms with Crippen LogP contribution in [0.3, 0.4) is 0 Å². The van der Waals surface area contributed by atoms with Gasteiger partial charge in [-0.05, 0) is 12.1 Å². The zero-order valence-electron chi connectivity index (χ0n) is 12.8. The van der Waals surface area contributed by atoms with Gasteiger partial charge in [-0.25, -0.2) is 9.97 Å². The average molecular weight is 311 g/mol. The van der Waals surface area contributed by atoms with Crippen LogP contribution < -0.4 is 5.56 Å². The van der Waals surface area contributed by atoms with E-state index in [1.54, 1.807) is 24.6 Å². The van der Waals surface area contributed by atoms with E-state index in [0.717, 1.165) is 36.6 Å². The van der Waals surface area contributed by atoms with Crippen LogP contribution in [0.2, 0.25) is 0 Å². The molecular formula is C16H17N5O2. The number of rotatable bonds is 3. The van der Waals surface area contributed by atoms with Gasteiger partial charge in [-0.3, -0.25) is 9.69 Å². The summed E-state index contributed by atoms with van der Waals surface area (Å²) in [6.45, 7) is 2.17. The molecule has 0 radical (unpaired) electrons. The number of hydrogen-bond donors (Lipinski definition) is 1. The van der Waals surface area contributed by atoms with Gasteiger partial charge >= 0.3 is 0 Å². The van der Waals surface area contributed by atoms with E-state index in [0.29, 0.717) is 18.1 Å². The number of furan rings is 1. The highest BCUT2D eigenvalue weighted by Crippen LogP contribution is 2.19. The number of imidazole rings is 1. The maximum Gasteiger partial charge on any atom is 0.256 e. The van der Waals surface area contributed by atoms with Crippen LogP contribution in [0.25, 0.3) is 11.6 Å². The molecule has 0 saturated carbocycles. The molecule has 4 heterocycles. The monoisotopic (exact) mass is 311 g/mol. The summed E-state index contributed by atoms with van der Waals surface area (Å²) in [5, 5.41) is 0. The van der Waals surface area contributed by atoms with E-state index in [1.165, 1.54) is 0 Å². The summed E-state index contributed by atoms with van der Waals surface area (Å²) in [7, 11) is 1.98. The topological polar surface area (TPSA) is 80.0 Å². The third-order valence-electron chi connectivity index (χ3n) is 4.19. The number of fused-ring (bicyclic) bond motifs is 1. The van der Waals surface area contributed by atoms with Crippen molar-refractivity contribution >= 4 is 0 Å². The summed E-state index contributed by atoms with van der Waals surface area (Å²) >= 11 is 0. The van der Waals surface area contributed by atoms with Gasteiger partial charge in [0.25, 0.3) is 5.56 Å². The van der Waals surface area contributed by atoms with Crippen molar-refractivity contribution in [2.45, 2.75) is 19.5 Å². The third kappa shape index (κ3) is 2.59. The molecule has 0 aromatic carbocycles. The van der Waals surface area contributed by atoms with Crippen molar-refractivity contribution in [2.24, 2.45) is 7.05 Å². The van der Waals surface area contributed by atoms with Crippen molar-refractivity contribution in [3.63, 3.8) is 0 Å². The number of aromatic amines is 1. The zero-order valence-corrected chi connectivity index (χ0v) is 12.8. The Morgan fingerprint density at radius 3 is 3.09 bits per heavy atom. The molecule has 0 spiro atoms. The molecule has 1 N–H and O–H groups in total. The van der Waals surface area contributed by atoms with Crippen LogP contribution in [0.1, 0.15) is 17.1 Å². The van der Waals surface area contributed by atoms with Crippen molar-refractivity contribution in [3.8, 4) is 11.6 Å². The lowest BCUT2D eigenvalue weighted by Crippen LogP contribution is -2.36. The molecule has 0 amide bonds. The number of nitrogens with zero attached hydrogens (tertiary/aromatic N) is 4. The third-order valence-corrected chi connectivity index (χ3v) is 4.19. The zero-order chi connectivity index (χ0) is 15.8. The van der Waals surface area contributed by atoms with Crippen LogP contribution in [0, 0.1) is 0 Å². The minimum absolute atomic E-state index is 0.0917. The fourth-order valence-corrected chi connectivity index (χ4v) is 2.89. The van der Waals surface area contributed by atoms with Crippen LogP contribution in [-0.4, -0.2) is 31.0 Å². The Hall–Kier alpha value is -2.67. The average Bonchev–Trinajstić information content (AvgIpc) is 3.20. The molecule has 0 atom stereocenters. The molecule has 0 saturated heterocycles. The lowest BCUT2D eigenvalue weighted by atomic mass is 10.1. The molecule has 3 aromatic rings. The standard InChI is InChI=1S/C16H17N5O2/c1-20-7-5-17-14(20)10-21-6-4-12-11(9-21)16(22)19-15(18-12)13-3-2-8-23-13/h2-3,5,7-8H,4,6,9-10H2,1H3,(H,18,19,22). The van der Waals surface area contributed by atoms with Gasteiger partial charge in [0.05, 0.1) is 24.1 Å². The van der Waals surface area contributed by atoms with Gasteiger partial charge in [-0.15, -0.1) is 0 Å². The van der Waals surface area contributed by atoms with Crippen LogP contribution in [-0.2, 0) is 26.6 Å². The highest BCUT2D eigenvalue weighted by Gasteiger charge is 2.22. The maximum atomic E-state index is 12.4. The van der Waals surface area contributed by atoms with Crippen molar-refractivity contribution in [1.29, 1.82) is 0 Å². The molecule has 0 bridgehead atoms. The Morgan fingerprint density at radius 1 is 1.43 bits per heavy atom. The summed E-state index contributed by atoms with van der Waals surface area (Å²) in [5.41, 5.74) is 1.50. The number of H-pyrrole nitrogens is 1. The Morgan fingerprint density at radius 2 is 2.35 bits per heavy atom. The molecule has 1 aliphatic rings. The van der Waals surface area contributed by atoms with E-state index in [2.05, 4.69) is 19.9 Å². The molecule has 7 nitrogen and oxygen atoms in total. The molecule has 0 fully saturated rings. The van der Waals surface area contributed by atoms with Gasteiger partial charge in [0.1, 0.15) is 5.82 Å². The summed E-state index contributed by atoms with van der Waals surface area (Å²) in [5.74, 6) is 2.07. The molecule has 23 heavy (non-hydrogen) atoms. The van der Waals surface area contributed by atoms with Crippen LogP contribution >= 0.6 is 0 Å². The minimum Gasteiger partial charge on any atom is -0.461 e. The van der Waals surface area contributed by atoms with Gasteiger partial charge in [0, 0.05) is 39.0 Å². The number of aryl methyl sites for hydroxylation is 1. The van der Waals surface area contributed by atoms with Crippen LogP contribution in [0.5, 0.6) is 0 Å². The normalized spacial score (nSPS) is 14.8. The Kier molecular flexibility index (Phi) is 3.34. The second-order valence-corrected chi connectivity index (χ2v) is 5.73.